The molecule has 0 spiro atoms. The Kier molecular flexibility index (Phi) is 4.95. The predicted octanol–water partition coefficient (Wildman–Crippen LogP) is 0.653. The van der Waals surface area contributed by atoms with Crippen LogP contribution in [0.1, 0.15) is 0 Å². The van der Waals surface area contributed by atoms with Gasteiger partial charge in [0.2, 0.25) is 6.11 Å². The maximum absolute atomic E-state index is 4.63. The summed E-state index contributed by atoms with van der Waals surface area (Å²) < 4.78 is 3.75. The topological polar surface area (TPSA) is 27.7 Å². The third-order valence-electron chi connectivity index (χ3n) is 0.205. The first-order chi connectivity index (χ1) is 3.41. The van der Waals surface area contributed by atoms with Crippen LogP contribution in [0.25, 0.3) is 0 Å². The Balaban J connectivity index is 2.91. The quantitative estimate of drug-likeness (QED) is 0.290. The van der Waals surface area contributed by atoms with Crippen molar-refractivity contribution < 1.29 is 14.1 Å². The van der Waals surface area contributed by atoms with Crippen LogP contribution in [-0.2, 0) is 14.1 Å². The first-order valence-corrected chi connectivity index (χ1v) is 1.70. The minimum Gasteiger partial charge on any atom is -0.329 e. The molecule has 0 aliphatic heterocycles. The number of rotatable bonds is 1. The molecule has 4 heteroatoms. The Morgan fingerprint density at radius 3 is 2.57 bits per heavy atom. The van der Waals surface area contributed by atoms with Gasteiger partial charge in [-0.3, -0.25) is 4.89 Å². The molecular formula is C3H3ClO3. The third kappa shape index (κ3) is 5.41. The van der Waals surface area contributed by atoms with Crippen LogP contribution in [0, 0.1) is 12.2 Å². The van der Waals surface area contributed by atoms with Crippen molar-refractivity contribution in [2.24, 2.45) is 0 Å². The van der Waals surface area contributed by atoms with Crippen LogP contribution in [0.5, 0.6) is 0 Å². The molecule has 0 saturated carbocycles. The van der Waals surface area contributed by atoms with E-state index in [4.69, 9.17) is 0 Å². The highest BCUT2D eigenvalue weighted by atomic mass is 35.5. The monoisotopic (exact) mass is 122 g/mol. The van der Waals surface area contributed by atoms with Crippen molar-refractivity contribution in [3.8, 4) is 12.2 Å². The van der Waals surface area contributed by atoms with Gasteiger partial charge in [0.15, 0.2) is 6.11 Å². The van der Waals surface area contributed by atoms with E-state index in [9.17, 15) is 0 Å². The first kappa shape index (κ1) is 6.41. The van der Waals surface area contributed by atoms with Crippen LogP contribution < -0.4 is 0 Å². The Labute approximate surface area is 46.2 Å². The van der Waals surface area contributed by atoms with Crippen LogP contribution in [-0.4, -0.2) is 7.11 Å². The zero-order valence-corrected chi connectivity index (χ0v) is 4.36. The second-order valence-electron chi connectivity index (χ2n) is 0.531. The molecule has 0 aliphatic carbocycles. The van der Waals surface area contributed by atoms with Crippen LogP contribution in [0.4, 0.5) is 0 Å². The fourth-order valence-electron chi connectivity index (χ4n) is 0.0744. The lowest BCUT2D eigenvalue weighted by molar-refractivity contribution is -0.209. The van der Waals surface area contributed by atoms with Gasteiger partial charge in [-0.15, -0.1) is 0 Å². The van der Waals surface area contributed by atoms with Crippen molar-refractivity contribution >= 4 is 11.9 Å². The third-order valence-corrected chi connectivity index (χ3v) is 0.282. The Morgan fingerprint density at radius 1 is 1.43 bits per heavy atom. The molecule has 0 aliphatic rings. The fourth-order valence-corrected chi connectivity index (χ4v) is 0.106. The van der Waals surface area contributed by atoms with Crippen molar-refractivity contribution in [2.75, 3.05) is 7.11 Å². The van der Waals surface area contributed by atoms with E-state index in [1.54, 1.807) is 0 Å². The standard InChI is InChI=1S/C3H3ClO3/c1-5-7-3-2-6-4/h1H3. The van der Waals surface area contributed by atoms with E-state index in [1.165, 1.54) is 7.11 Å². The maximum atomic E-state index is 4.63. The molecule has 0 aromatic heterocycles. The zero-order chi connectivity index (χ0) is 5.54. The van der Waals surface area contributed by atoms with Gasteiger partial charge in [0, 0.05) is 0 Å². The zero-order valence-electron chi connectivity index (χ0n) is 3.60. The van der Waals surface area contributed by atoms with Crippen LogP contribution in [0.15, 0.2) is 0 Å². The summed E-state index contributed by atoms with van der Waals surface area (Å²) in [5.41, 5.74) is 0. The molecule has 0 rings (SSSR count). The average molecular weight is 123 g/mol. The second-order valence-corrected chi connectivity index (χ2v) is 0.686. The van der Waals surface area contributed by atoms with Crippen LogP contribution in [0.2, 0.25) is 0 Å². The largest absolute Gasteiger partial charge is 0.329 e. The summed E-state index contributed by atoms with van der Waals surface area (Å²) in [6.45, 7) is 0. The summed E-state index contributed by atoms with van der Waals surface area (Å²) in [7, 11) is 1.32. The molecule has 0 heterocycles. The Hall–Kier alpha value is -0.590. The summed E-state index contributed by atoms with van der Waals surface area (Å²) >= 11 is 4.63. The van der Waals surface area contributed by atoms with Crippen molar-refractivity contribution in [3.63, 3.8) is 0 Å². The normalized spacial score (nSPS) is 6.00. The summed E-state index contributed by atoms with van der Waals surface area (Å²) in [5, 5.41) is 0. The van der Waals surface area contributed by atoms with Crippen molar-refractivity contribution in [3.05, 3.63) is 0 Å². The molecule has 0 atom stereocenters. The SMILES string of the molecule is COOC#COCl. The van der Waals surface area contributed by atoms with Gasteiger partial charge in [-0.05, 0) is 0 Å². The number of hydrogen-bond donors (Lipinski definition) is 0. The maximum Gasteiger partial charge on any atom is 0.202 e. The highest BCUT2D eigenvalue weighted by molar-refractivity contribution is 6.08. The minimum atomic E-state index is 1.32. The highest BCUT2D eigenvalue weighted by Crippen LogP contribution is 1.72. The Bertz CT molecular complexity index is 81.9. The smallest absolute Gasteiger partial charge is 0.202 e. The number of hydrogen-bond acceptors (Lipinski definition) is 3. The minimum absolute atomic E-state index is 1.32. The van der Waals surface area contributed by atoms with E-state index in [1.807, 2.05) is 12.2 Å². The molecule has 40 valence electrons. The number of halogens is 1. The van der Waals surface area contributed by atoms with Crippen molar-refractivity contribution in [2.45, 2.75) is 0 Å². The van der Waals surface area contributed by atoms with E-state index in [-0.39, 0.29) is 0 Å². The molecule has 3 nitrogen and oxygen atoms in total. The van der Waals surface area contributed by atoms with E-state index in [2.05, 4.69) is 25.9 Å². The van der Waals surface area contributed by atoms with Gasteiger partial charge in [0.1, 0.15) is 11.9 Å². The van der Waals surface area contributed by atoms with Gasteiger partial charge < -0.3 is 4.29 Å². The van der Waals surface area contributed by atoms with Gasteiger partial charge >= 0.3 is 0 Å². The summed E-state index contributed by atoms with van der Waals surface area (Å²) in [6, 6.07) is 0. The van der Waals surface area contributed by atoms with Crippen molar-refractivity contribution in [1.82, 2.24) is 0 Å². The van der Waals surface area contributed by atoms with E-state index in [0.29, 0.717) is 0 Å². The molecule has 0 radical (unpaired) electrons. The van der Waals surface area contributed by atoms with Gasteiger partial charge in [-0.2, -0.15) is 4.89 Å². The molecule has 0 aromatic rings. The van der Waals surface area contributed by atoms with Gasteiger partial charge in [0.05, 0.1) is 7.11 Å². The molecular weight excluding hydrogens is 119 g/mol. The molecule has 0 unspecified atom stereocenters. The molecule has 0 bridgehead atoms. The predicted molar refractivity (Wildman–Crippen MR) is 22.8 cm³/mol. The lowest BCUT2D eigenvalue weighted by Gasteiger charge is -1.80. The summed E-state index contributed by atoms with van der Waals surface area (Å²) in [6.07, 6.45) is 3.88. The van der Waals surface area contributed by atoms with Gasteiger partial charge in [-0.25, -0.2) is 0 Å². The van der Waals surface area contributed by atoms with E-state index >= 15 is 0 Å². The van der Waals surface area contributed by atoms with E-state index in [0.717, 1.165) is 0 Å². The fraction of sp³-hybridized carbons (Fsp3) is 0.333. The van der Waals surface area contributed by atoms with Gasteiger partial charge in [-0.1, -0.05) is 0 Å². The van der Waals surface area contributed by atoms with Crippen LogP contribution in [0.3, 0.4) is 0 Å². The van der Waals surface area contributed by atoms with Crippen molar-refractivity contribution in [1.29, 1.82) is 0 Å². The molecule has 0 N–H and O–H groups in total. The molecule has 0 saturated heterocycles. The highest BCUT2D eigenvalue weighted by Gasteiger charge is 1.64. The van der Waals surface area contributed by atoms with E-state index < -0.39 is 0 Å². The second kappa shape index (κ2) is 5.41. The molecule has 0 fully saturated rings. The average Bonchev–Trinajstić information content (AvgIpc) is 1.69. The first-order valence-electron chi connectivity index (χ1n) is 1.39. The lowest BCUT2D eigenvalue weighted by atomic mass is 11.2. The molecule has 0 aromatic carbocycles. The lowest BCUT2D eigenvalue weighted by Crippen LogP contribution is -1.75. The molecule has 0 amide bonds. The molecule has 7 heavy (non-hydrogen) atoms. The summed E-state index contributed by atoms with van der Waals surface area (Å²) in [4.78, 5) is 8.03. The summed E-state index contributed by atoms with van der Waals surface area (Å²) in [5.74, 6) is 0. The van der Waals surface area contributed by atoms with Crippen LogP contribution >= 0.6 is 11.9 Å². The Morgan fingerprint density at radius 2 is 2.14 bits per heavy atom. The van der Waals surface area contributed by atoms with Gasteiger partial charge in [0.25, 0.3) is 0 Å².